The zero-order valence-corrected chi connectivity index (χ0v) is 16.4. The summed E-state index contributed by atoms with van der Waals surface area (Å²) in [6.07, 6.45) is 1.84. The number of imidazole rings is 1. The summed E-state index contributed by atoms with van der Waals surface area (Å²) in [5, 5.41) is 6.77. The van der Waals surface area contributed by atoms with Crippen molar-refractivity contribution >= 4 is 28.6 Å². The Bertz CT molecular complexity index is 904. The maximum absolute atomic E-state index is 5.42. The van der Waals surface area contributed by atoms with Gasteiger partial charge in [0.05, 0.1) is 19.5 Å². The number of aromatic nitrogens is 4. The molecule has 0 aliphatic carbocycles. The Kier molecular flexibility index (Phi) is 5.68. The summed E-state index contributed by atoms with van der Waals surface area (Å²) in [5.74, 6) is 1.33. The summed E-state index contributed by atoms with van der Waals surface area (Å²) in [4.78, 5) is 16.4. The first-order valence-electron chi connectivity index (χ1n) is 9.81. The van der Waals surface area contributed by atoms with Gasteiger partial charge in [0, 0.05) is 37.9 Å². The van der Waals surface area contributed by atoms with E-state index in [1.807, 2.05) is 36.7 Å². The van der Waals surface area contributed by atoms with Crippen LogP contribution in [0, 0.1) is 0 Å². The lowest BCUT2D eigenvalue weighted by molar-refractivity contribution is 0.0398. The fourth-order valence-electron chi connectivity index (χ4n) is 3.28. The molecule has 0 unspecified atom stereocenters. The van der Waals surface area contributed by atoms with Crippen molar-refractivity contribution in [2.75, 3.05) is 50.0 Å². The summed E-state index contributed by atoms with van der Waals surface area (Å²) in [5.41, 5.74) is 2.59. The highest BCUT2D eigenvalue weighted by Crippen LogP contribution is 2.24. The smallest absolute Gasteiger partial charge is 0.231 e. The van der Waals surface area contributed by atoms with Crippen LogP contribution in [0.3, 0.4) is 0 Å². The van der Waals surface area contributed by atoms with Gasteiger partial charge in [-0.05, 0) is 26.0 Å². The average molecular weight is 381 g/mol. The number of para-hydroxylation sites is 1. The first-order chi connectivity index (χ1) is 13.7. The molecule has 1 aliphatic heterocycles. The van der Waals surface area contributed by atoms with E-state index < -0.39 is 0 Å². The molecule has 8 heteroatoms. The number of hydrogen-bond donors (Lipinski definition) is 2. The van der Waals surface area contributed by atoms with Crippen LogP contribution in [0.25, 0.3) is 11.2 Å². The second-order valence-electron chi connectivity index (χ2n) is 7.19. The molecular formula is C20H27N7O. The van der Waals surface area contributed by atoms with E-state index in [1.54, 1.807) is 0 Å². The van der Waals surface area contributed by atoms with Gasteiger partial charge in [-0.1, -0.05) is 18.2 Å². The van der Waals surface area contributed by atoms with Crippen LogP contribution in [0.2, 0.25) is 0 Å². The van der Waals surface area contributed by atoms with Gasteiger partial charge in [0.2, 0.25) is 5.95 Å². The first-order valence-corrected chi connectivity index (χ1v) is 9.81. The maximum Gasteiger partial charge on any atom is 0.231 e. The maximum atomic E-state index is 5.42. The second kappa shape index (κ2) is 8.53. The Morgan fingerprint density at radius 1 is 1.11 bits per heavy atom. The standard InChI is InChI=1S/C20H27N7O/c1-15(2)27-14-22-17-18(21-8-9-26-10-12-28-13-11-26)24-20(25-19(17)27)23-16-6-4-3-5-7-16/h3-7,14-15H,8-13H2,1-2H3,(H2,21,23,24,25). The highest BCUT2D eigenvalue weighted by molar-refractivity contribution is 5.84. The van der Waals surface area contributed by atoms with Crippen LogP contribution in [0.1, 0.15) is 19.9 Å². The van der Waals surface area contributed by atoms with Gasteiger partial charge in [-0.15, -0.1) is 0 Å². The van der Waals surface area contributed by atoms with E-state index >= 15 is 0 Å². The number of hydrogen-bond acceptors (Lipinski definition) is 7. The summed E-state index contributed by atoms with van der Waals surface area (Å²) in [6, 6.07) is 10.2. The van der Waals surface area contributed by atoms with Gasteiger partial charge in [0.1, 0.15) is 0 Å². The Morgan fingerprint density at radius 3 is 2.64 bits per heavy atom. The normalized spacial score (nSPS) is 15.2. The molecule has 1 fully saturated rings. The predicted octanol–water partition coefficient (Wildman–Crippen LogP) is 2.89. The summed E-state index contributed by atoms with van der Waals surface area (Å²) >= 11 is 0. The number of anilines is 3. The Hall–Kier alpha value is -2.71. The van der Waals surface area contributed by atoms with E-state index in [4.69, 9.17) is 14.7 Å². The predicted molar refractivity (Wildman–Crippen MR) is 111 cm³/mol. The van der Waals surface area contributed by atoms with Gasteiger partial charge in [-0.3, -0.25) is 4.90 Å². The molecule has 0 saturated carbocycles. The number of rotatable bonds is 7. The minimum Gasteiger partial charge on any atom is -0.379 e. The van der Waals surface area contributed by atoms with Crippen molar-refractivity contribution in [1.29, 1.82) is 0 Å². The largest absolute Gasteiger partial charge is 0.379 e. The molecule has 0 bridgehead atoms. The molecule has 0 atom stereocenters. The topological polar surface area (TPSA) is 80.1 Å². The Balaban J connectivity index is 1.57. The number of morpholine rings is 1. The Morgan fingerprint density at radius 2 is 1.89 bits per heavy atom. The van der Waals surface area contributed by atoms with Gasteiger partial charge >= 0.3 is 0 Å². The number of benzene rings is 1. The molecule has 2 aromatic heterocycles. The number of ether oxygens (including phenoxy) is 1. The lowest BCUT2D eigenvalue weighted by atomic mass is 10.3. The third kappa shape index (κ3) is 4.23. The van der Waals surface area contributed by atoms with Gasteiger partial charge in [0.25, 0.3) is 0 Å². The molecule has 2 N–H and O–H groups in total. The van der Waals surface area contributed by atoms with Crippen LogP contribution >= 0.6 is 0 Å². The van der Waals surface area contributed by atoms with Crippen LogP contribution in [-0.2, 0) is 4.74 Å². The van der Waals surface area contributed by atoms with Gasteiger partial charge < -0.3 is 19.9 Å². The molecule has 148 valence electrons. The SMILES string of the molecule is CC(C)n1cnc2c(NCCN3CCOCC3)nc(Nc3ccccc3)nc21. The lowest BCUT2D eigenvalue weighted by Gasteiger charge is -2.26. The van der Waals surface area contributed by atoms with Crippen molar-refractivity contribution in [2.45, 2.75) is 19.9 Å². The minimum atomic E-state index is 0.269. The van der Waals surface area contributed by atoms with E-state index in [0.717, 1.165) is 62.1 Å². The van der Waals surface area contributed by atoms with Crippen LogP contribution in [0.5, 0.6) is 0 Å². The molecule has 1 aromatic carbocycles. The average Bonchev–Trinajstić information content (AvgIpc) is 3.14. The van der Waals surface area contributed by atoms with Crippen LogP contribution < -0.4 is 10.6 Å². The molecule has 8 nitrogen and oxygen atoms in total. The fourth-order valence-corrected chi connectivity index (χ4v) is 3.28. The van der Waals surface area contributed by atoms with Crippen LogP contribution in [-0.4, -0.2) is 63.8 Å². The van der Waals surface area contributed by atoms with Gasteiger partial charge in [-0.25, -0.2) is 4.98 Å². The van der Waals surface area contributed by atoms with Gasteiger partial charge in [0.15, 0.2) is 17.0 Å². The highest BCUT2D eigenvalue weighted by atomic mass is 16.5. The van der Waals surface area contributed by atoms with Crippen molar-refractivity contribution in [3.05, 3.63) is 36.7 Å². The molecular weight excluding hydrogens is 354 g/mol. The number of fused-ring (bicyclic) bond motifs is 1. The molecule has 4 rings (SSSR count). The van der Waals surface area contributed by atoms with E-state index in [1.165, 1.54) is 0 Å². The van der Waals surface area contributed by atoms with E-state index in [2.05, 4.69) is 38.9 Å². The quantitative estimate of drug-likeness (QED) is 0.651. The first kappa shape index (κ1) is 18.6. The van der Waals surface area contributed by atoms with Crippen molar-refractivity contribution < 1.29 is 4.74 Å². The van der Waals surface area contributed by atoms with Crippen molar-refractivity contribution in [2.24, 2.45) is 0 Å². The van der Waals surface area contributed by atoms with Crippen molar-refractivity contribution in [3.8, 4) is 0 Å². The van der Waals surface area contributed by atoms with Crippen LogP contribution in [0.15, 0.2) is 36.7 Å². The molecule has 0 radical (unpaired) electrons. The zero-order valence-electron chi connectivity index (χ0n) is 16.4. The number of nitrogens with zero attached hydrogens (tertiary/aromatic N) is 5. The summed E-state index contributed by atoms with van der Waals surface area (Å²) in [6.45, 7) is 9.56. The highest BCUT2D eigenvalue weighted by Gasteiger charge is 2.16. The molecule has 3 heterocycles. The van der Waals surface area contributed by atoms with E-state index in [-0.39, 0.29) is 6.04 Å². The van der Waals surface area contributed by atoms with Gasteiger partial charge in [-0.2, -0.15) is 9.97 Å². The third-order valence-corrected chi connectivity index (χ3v) is 4.83. The van der Waals surface area contributed by atoms with Crippen molar-refractivity contribution in [1.82, 2.24) is 24.4 Å². The molecule has 1 aliphatic rings. The lowest BCUT2D eigenvalue weighted by Crippen LogP contribution is -2.39. The molecule has 3 aromatic rings. The zero-order chi connectivity index (χ0) is 19.3. The molecule has 0 amide bonds. The minimum absolute atomic E-state index is 0.269. The fraction of sp³-hybridized carbons (Fsp3) is 0.450. The summed E-state index contributed by atoms with van der Waals surface area (Å²) < 4.78 is 7.49. The van der Waals surface area contributed by atoms with Crippen molar-refractivity contribution in [3.63, 3.8) is 0 Å². The van der Waals surface area contributed by atoms with E-state index in [9.17, 15) is 0 Å². The summed E-state index contributed by atoms with van der Waals surface area (Å²) in [7, 11) is 0. The van der Waals surface area contributed by atoms with E-state index in [0.29, 0.717) is 5.95 Å². The third-order valence-electron chi connectivity index (χ3n) is 4.83. The Labute approximate surface area is 164 Å². The molecule has 0 spiro atoms. The monoisotopic (exact) mass is 381 g/mol. The second-order valence-corrected chi connectivity index (χ2v) is 7.19. The molecule has 1 saturated heterocycles. The van der Waals surface area contributed by atoms with Crippen LogP contribution in [0.4, 0.5) is 17.5 Å². The number of nitrogens with one attached hydrogen (secondary N) is 2. The molecule has 28 heavy (non-hydrogen) atoms.